The summed E-state index contributed by atoms with van der Waals surface area (Å²) in [5.41, 5.74) is 1.92. The van der Waals surface area contributed by atoms with Crippen molar-refractivity contribution in [2.75, 3.05) is 44.8 Å². The van der Waals surface area contributed by atoms with Crippen LogP contribution in [0.25, 0.3) is 22.2 Å². The first kappa shape index (κ1) is 21.3. The molecule has 1 amide bonds. The Balaban J connectivity index is 1.77. The van der Waals surface area contributed by atoms with Crippen molar-refractivity contribution in [3.63, 3.8) is 0 Å². The van der Waals surface area contributed by atoms with E-state index in [1.807, 2.05) is 36.4 Å². The Morgan fingerprint density at radius 1 is 1.12 bits per heavy atom. The first-order chi connectivity index (χ1) is 15.5. The van der Waals surface area contributed by atoms with Crippen molar-refractivity contribution >= 4 is 28.6 Å². The molecule has 1 saturated heterocycles. The van der Waals surface area contributed by atoms with Gasteiger partial charge >= 0.3 is 11.8 Å². The Morgan fingerprint density at radius 2 is 1.84 bits per heavy atom. The van der Waals surface area contributed by atoms with Crippen LogP contribution in [0.1, 0.15) is 6.92 Å². The first-order valence-electron chi connectivity index (χ1n) is 10.3. The predicted octanol–water partition coefficient (Wildman–Crippen LogP) is 3.49. The zero-order valence-corrected chi connectivity index (χ0v) is 17.9. The second-order valence-electron chi connectivity index (χ2n) is 7.22. The molecule has 1 aliphatic rings. The average Bonchev–Trinajstić information content (AvgIpc) is 2.83. The molecule has 4 rings (SSSR count). The second kappa shape index (κ2) is 9.04. The van der Waals surface area contributed by atoms with E-state index >= 15 is 0 Å². The van der Waals surface area contributed by atoms with Gasteiger partial charge in [0, 0.05) is 43.2 Å². The number of aromatic nitrogens is 2. The number of ether oxygens (including phenoxy) is 2. The number of anilines is 1. The van der Waals surface area contributed by atoms with Gasteiger partial charge in [0.2, 0.25) is 0 Å². The highest BCUT2D eigenvalue weighted by Gasteiger charge is 2.26. The van der Waals surface area contributed by atoms with E-state index in [0.717, 1.165) is 11.1 Å². The smallest absolute Gasteiger partial charge is 0.409 e. The molecule has 0 spiro atoms. The molecule has 1 fully saturated rings. The van der Waals surface area contributed by atoms with E-state index in [0.29, 0.717) is 49.6 Å². The maximum atomic E-state index is 12.1. The summed E-state index contributed by atoms with van der Waals surface area (Å²) in [6, 6.07) is 13.0. The van der Waals surface area contributed by atoms with Crippen molar-refractivity contribution in [3.05, 3.63) is 52.6 Å². The number of nitrogens with zero attached hydrogens (tertiary/aromatic N) is 5. The molecule has 166 valence electrons. The van der Waals surface area contributed by atoms with Crippen molar-refractivity contribution in [1.29, 1.82) is 0 Å². The number of fused-ring (bicyclic) bond motifs is 1. The van der Waals surface area contributed by atoms with Gasteiger partial charge in [-0.15, -0.1) is 0 Å². The standard InChI is InChI=1S/C22H23N5O5/c1-3-32-22(28)26-11-9-25(10-12-26)20-17(15-7-5-4-6-8-15)13-16-14-18(27(29)30)21(31-2)24-19(16)23-20/h4-8,13-14H,3,9-12H2,1-2H3. The molecular weight excluding hydrogens is 414 g/mol. The van der Waals surface area contributed by atoms with Gasteiger partial charge in [-0.3, -0.25) is 10.1 Å². The summed E-state index contributed by atoms with van der Waals surface area (Å²) in [6.45, 7) is 4.27. The van der Waals surface area contributed by atoms with Crippen LogP contribution in [0.15, 0.2) is 42.5 Å². The van der Waals surface area contributed by atoms with Gasteiger partial charge in [0.1, 0.15) is 5.82 Å². The lowest BCUT2D eigenvalue weighted by Gasteiger charge is -2.35. The fraction of sp³-hybridized carbons (Fsp3) is 0.318. The summed E-state index contributed by atoms with van der Waals surface area (Å²) >= 11 is 0. The van der Waals surface area contributed by atoms with Crippen LogP contribution in [0.3, 0.4) is 0 Å². The monoisotopic (exact) mass is 437 g/mol. The van der Waals surface area contributed by atoms with E-state index in [1.54, 1.807) is 11.8 Å². The molecule has 0 saturated carbocycles. The summed E-state index contributed by atoms with van der Waals surface area (Å²) in [7, 11) is 1.34. The minimum absolute atomic E-state index is 0.0828. The number of benzene rings is 1. The number of carbonyl (C=O) groups excluding carboxylic acids is 1. The van der Waals surface area contributed by atoms with Gasteiger partial charge in [-0.25, -0.2) is 9.78 Å². The number of piperazine rings is 1. The Hall–Kier alpha value is -3.95. The number of amides is 1. The minimum Gasteiger partial charge on any atom is -0.476 e. The van der Waals surface area contributed by atoms with Crippen molar-refractivity contribution < 1.29 is 19.2 Å². The van der Waals surface area contributed by atoms with Crippen LogP contribution in [-0.2, 0) is 4.74 Å². The molecule has 1 aliphatic heterocycles. The Labute approximate surface area is 184 Å². The van der Waals surface area contributed by atoms with Gasteiger partial charge < -0.3 is 19.3 Å². The third kappa shape index (κ3) is 4.11. The zero-order valence-electron chi connectivity index (χ0n) is 17.9. The molecule has 0 bridgehead atoms. The molecule has 2 aromatic heterocycles. The Bertz CT molecular complexity index is 1150. The number of carbonyl (C=O) groups is 1. The average molecular weight is 437 g/mol. The molecule has 0 N–H and O–H groups in total. The number of methoxy groups -OCH3 is 1. The van der Waals surface area contributed by atoms with E-state index in [1.165, 1.54) is 13.2 Å². The number of nitro groups is 1. The second-order valence-corrected chi connectivity index (χ2v) is 7.22. The Morgan fingerprint density at radius 3 is 2.47 bits per heavy atom. The molecular formula is C22H23N5O5. The molecule has 32 heavy (non-hydrogen) atoms. The Kier molecular flexibility index (Phi) is 6.02. The summed E-state index contributed by atoms with van der Waals surface area (Å²) < 4.78 is 10.2. The summed E-state index contributed by atoms with van der Waals surface area (Å²) in [6.07, 6.45) is -0.319. The largest absolute Gasteiger partial charge is 0.476 e. The molecule has 3 aromatic rings. The molecule has 0 aliphatic carbocycles. The van der Waals surface area contributed by atoms with Gasteiger partial charge in [0.25, 0.3) is 5.88 Å². The van der Waals surface area contributed by atoms with E-state index in [-0.39, 0.29) is 17.7 Å². The third-order valence-electron chi connectivity index (χ3n) is 5.31. The van der Waals surface area contributed by atoms with E-state index < -0.39 is 4.92 Å². The first-order valence-corrected chi connectivity index (χ1v) is 10.3. The van der Waals surface area contributed by atoms with Gasteiger partial charge in [0.05, 0.1) is 18.6 Å². The molecule has 10 nitrogen and oxygen atoms in total. The highest BCUT2D eigenvalue weighted by Crippen LogP contribution is 2.35. The van der Waals surface area contributed by atoms with Gasteiger partial charge in [-0.1, -0.05) is 30.3 Å². The van der Waals surface area contributed by atoms with Crippen LogP contribution >= 0.6 is 0 Å². The number of rotatable bonds is 5. The summed E-state index contributed by atoms with van der Waals surface area (Å²) in [5, 5.41) is 12.0. The minimum atomic E-state index is -0.518. The molecule has 0 radical (unpaired) electrons. The van der Waals surface area contributed by atoms with E-state index in [2.05, 4.69) is 9.88 Å². The predicted molar refractivity (Wildman–Crippen MR) is 119 cm³/mol. The van der Waals surface area contributed by atoms with Gasteiger partial charge in [0.15, 0.2) is 5.65 Å². The normalized spacial score (nSPS) is 13.8. The summed E-state index contributed by atoms with van der Waals surface area (Å²) in [5.74, 6) is 0.621. The number of hydrogen-bond acceptors (Lipinski definition) is 8. The molecule has 3 heterocycles. The molecule has 1 aromatic carbocycles. The van der Waals surface area contributed by atoms with Crippen molar-refractivity contribution in [1.82, 2.24) is 14.9 Å². The quantitative estimate of drug-likeness (QED) is 0.441. The number of pyridine rings is 2. The maximum absolute atomic E-state index is 12.1. The van der Waals surface area contributed by atoms with Crippen LogP contribution in [0.5, 0.6) is 5.88 Å². The van der Waals surface area contributed by atoms with Crippen molar-refractivity contribution in [2.45, 2.75) is 6.92 Å². The van der Waals surface area contributed by atoms with Crippen LogP contribution in [0.2, 0.25) is 0 Å². The fourth-order valence-electron chi connectivity index (χ4n) is 3.74. The van der Waals surface area contributed by atoms with E-state index in [4.69, 9.17) is 14.5 Å². The lowest BCUT2D eigenvalue weighted by atomic mass is 10.0. The van der Waals surface area contributed by atoms with E-state index in [9.17, 15) is 14.9 Å². The van der Waals surface area contributed by atoms with Crippen molar-refractivity contribution in [2.24, 2.45) is 0 Å². The molecule has 10 heteroatoms. The maximum Gasteiger partial charge on any atom is 0.409 e. The summed E-state index contributed by atoms with van der Waals surface area (Å²) in [4.78, 5) is 35.8. The van der Waals surface area contributed by atoms with Gasteiger partial charge in [-0.05, 0) is 18.6 Å². The highest BCUT2D eigenvalue weighted by atomic mass is 16.6. The van der Waals surface area contributed by atoms with Crippen LogP contribution in [-0.4, -0.2) is 65.8 Å². The highest BCUT2D eigenvalue weighted by molar-refractivity contribution is 5.89. The topological polar surface area (TPSA) is 111 Å². The SMILES string of the molecule is CCOC(=O)N1CCN(c2nc3nc(OC)c([N+](=O)[O-])cc3cc2-c2ccccc2)CC1. The molecule has 0 atom stereocenters. The van der Waals surface area contributed by atoms with Crippen molar-refractivity contribution in [3.8, 4) is 17.0 Å². The zero-order chi connectivity index (χ0) is 22.7. The molecule has 0 unspecified atom stereocenters. The lowest BCUT2D eigenvalue weighted by Crippen LogP contribution is -2.49. The van der Waals surface area contributed by atoms with Crippen LogP contribution < -0.4 is 9.64 Å². The lowest BCUT2D eigenvalue weighted by molar-refractivity contribution is -0.386. The van der Waals surface area contributed by atoms with Crippen LogP contribution in [0.4, 0.5) is 16.3 Å². The fourth-order valence-corrected chi connectivity index (χ4v) is 3.74. The third-order valence-corrected chi connectivity index (χ3v) is 5.31. The van der Waals surface area contributed by atoms with Gasteiger partial charge in [-0.2, -0.15) is 4.98 Å². The number of hydrogen-bond donors (Lipinski definition) is 0. The van der Waals surface area contributed by atoms with Crippen LogP contribution in [0, 0.1) is 10.1 Å².